The number of amides is 6. The number of thiol groups is 2. The second-order valence-corrected chi connectivity index (χ2v) is 36.4. The van der Waals surface area contributed by atoms with Gasteiger partial charge in [-0.05, 0) is 113 Å². The third-order valence-electron chi connectivity index (χ3n) is 15.8. The number of rotatable bonds is 7. The fourth-order valence-corrected chi connectivity index (χ4v) is 16.0. The molecule has 0 aromatic heterocycles. The molecule has 0 saturated heterocycles. The molecule has 7 aromatic carbocycles. The average molecular weight is 2860 g/mol. The van der Waals surface area contributed by atoms with E-state index in [1.807, 2.05) is 0 Å². The minimum Gasteiger partial charge on any atom is -0.576 e. The van der Waals surface area contributed by atoms with Crippen molar-refractivity contribution in [1.29, 1.82) is 0 Å². The first kappa shape index (κ1) is 95.4. The zero-order chi connectivity index (χ0) is 68.2. The number of aromatic hydroxyl groups is 4. The number of carbonyl (C=O) groups excluding carboxylic acids is 7. The van der Waals surface area contributed by atoms with Crippen LogP contribution in [0.5, 0.6) is 69.0 Å². The van der Waals surface area contributed by atoms with E-state index in [1.54, 1.807) is 6.29 Å². The van der Waals surface area contributed by atoms with Gasteiger partial charge in [-0.3, -0.25) is 28.8 Å². The smallest absolute Gasteiger partial charge is 0.248 e. The molecule has 9 unspecified atom stereocenters. The fraction of sp³-hybridized carbons (Fsp3) is 0.197. The van der Waals surface area contributed by atoms with E-state index in [-0.39, 0.29) is 282 Å². The van der Waals surface area contributed by atoms with Gasteiger partial charge in [0.2, 0.25) is 41.2 Å². The summed E-state index contributed by atoms with van der Waals surface area (Å²) in [7, 11) is -3.61. The normalized spacial score (nSPS) is 20.2. The number of nitrogens with one attached hydrogen (secondary N) is 6. The van der Waals surface area contributed by atoms with Crippen LogP contribution in [-0.4, -0.2) is 74.2 Å². The van der Waals surface area contributed by atoms with E-state index in [2.05, 4.69) is 63.0 Å². The van der Waals surface area contributed by atoms with Crippen LogP contribution in [0.25, 0.3) is 11.1 Å². The molecule has 539 valence electrons. The minimum absolute atomic E-state index is 0. The molecule has 6 aliphatic heterocycles. The van der Waals surface area contributed by atoms with E-state index >= 15 is 24.0 Å². The number of phenols is 4. The number of ether oxygens (including phenoxy) is 3. The van der Waals surface area contributed by atoms with Crippen LogP contribution in [0.15, 0.2) is 97.1 Å². The Labute approximate surface area is 757 Å². The first-order valence-corrected chi connectivity index (χ1v) is 38.6. The molecule has 13 rings (SSSR count). The number of carbonyl (C=O) groups is 6. The van der Waals surface area contributed by atoms with Crippen molar-refractivity contribution in [3.63, 3.8) is 0 Å². The van der Waals surface area contributed by atoms with Gasteiger partial charge in [-0.2, -0.15) is 32.6 Å². The van der Waals surface area contributed by atoms with Gasteiger partial charge in [-0.15, -0.1) is 64.2 Å². The zero-order valence-electron chi connectivity index (χ0n) is 52.0. The molecule has 17 bridgehead atoms. The van der Waals surface area contributed by atoms with E-state index in [0.717, 1.165) is 12.1 Å². The number of fused-ring (bicyclic) bond motifs is 14. The molecule has 23 nitrogen and oxygen atoms in total. The summed E-state index contributed by atoms with van der Waals surface area (Å²) in [5, 5.41) is 60.8. The van der Waals surface area contributed by atoms with Gasteiger partial charge in [-0.1, -0.05) is 25.1 Å². The molecular formula is C61H46N6O17S11W7Y-6. The van der Waals surface area contributed by atoms with Gasteiger partial charge < -0.3 is 83.9 Å². The fourth-order valence-electron chi connectivity index (χ4n) is 11.0. The van der Waals surface area contributed by atoms with Crippen molar-refractivity contribution >= 4 is 156 Å². The summed E-state index contributed by atoms with van der Waals surface area (Å²) in [6, 6.07) is 17.7. The maximum atomic E-state index is 16.2. The molecule has 42 heteroatoms. The largest absolute Gasteiger partial charge is 0.576 e. The maximum Gasteiger partial charge on any atom is 0.248 e. The van der Waals surface area contributed by atoms with Crippen molar-refractivity contribution in [2.45, 2.75) is 74.3 Å². The van der Waals surface area contributed by atoms with Gasteiger partial charge in [0, 0.05) is 244 Å². The van der Waals surface area contributed by atoms with Crippen LogP contribution >= 0.6 is 24.6 Å². The van der Waals surface area contributed by atoms with E-state index in [9.17, 15) is 30.0 Å². The zero-order valence-corrected chi connectivity index (χ0v) is 84.5. The quantitative estimate of drug-likeness (QED) is 0.0272. The topological polar surface area (TPSA) is 328 Å². The molecule has 103 heavy (non-hydrogen) atoms. The number of hydrogen-bond donors (Lipinski definition) is 12. The third-order valence-corrected chi connectivity index (χ3v) is 20.7. The molecule has 6 aliphatic rings. The SMILES string of the molecule is Cc1c(O)[c-]c2cc1C1NC(=O)C(NC(=O)C(C)c3ccc(O)c(c3)O2)C(S(=S)(=S)S)c2c[c-]c(cc2)Oc2cc3cc(c2OS)Oc2[c-]cc(cc2)C(O[S-](=S)=S)C2NC(=O)C(NC(=O)C3NC1=O)c1ccc(O)c(c1)-c1c(cc(O)c(C)c1O[S-](=S)=S)C([C-]=O)NC2=O.[W].[W].[W].[W].[W].[W].[W].[Y]. The molecule has 10 N–H and O–H groups in total. The number of benzene rings is 7. The van der Waals surface area contributed by atoms with E-state index in [4.69, 9.17) is 106 Å². The molecule has 1 radical (unpaired) electrons. The predicted octanol–water partition coefficient (Wildman–Crippen LogP) is 6.36. The maximum absolute atomic E-state index is 16.2. The van der Waals surface area contributed by atoms with Crippen LogP contribution in [0.4, 0.5) is 0 Å². The van der Waals surface area contributed by atoms with Gasteiger partial charge >= 0.3 is 0 Å². The Balaban J connectivity index is 0.00000345. The molecule has 0 fully saturated rings. The van der Waals surface area contributed by atoms with Crippen molar-refractivity contribution < 1.29 is 261 Å². The Kier molecular flexibility index (Phi) is 37.4. The van der Waals surface area contributed by atoms with Crippen molar-refractivity contribution in [3.05, 3.63) is 165 Å². The number of hydrogen-bond acceptors (Lipinski definition) is 26. The van der Waals surface area contributed by atoms with Crippen LogP contribution in [0.3, 0.4) is 0 Å². The van der Waals surface area contributed by atoms with Crippen molar-refractivity contribution in [1.82, 2.24) is 31.9 Å². The standard InChI is InChI=1S/C61H46N6O17S11.7W.Y/c1-24-29-8-15-40(70)43(17-29)81-34-20-35(25(2)41(71)21-34)49-59(76)64-48-31-18-44(54(82-85)45(19-31)80-33-12-6-28(7-13-33)55(95(90,91)92)51(61(78)65-49)67-56(24)73)79-32-10-4-27(5-11-32)53(84-94(88)89)50-60(77)62-38(23-68)36-22-42(72)26(3)52(83-93(86)87)46(36)37-16-30(9-14-39(37)69)47(57(74)66-50)63-58(48)75;;;;;;;;/h4-10,12,14-20,22,24,38,47-51,53,55,69-72,85H,1-3H3,(H,62,77)(H,63,75)(H,64,76)(H,65,78)(H,66,74)(H,67,73)(H,90,91,92);;;;;;;;/q-6;;;;;;;;. The third kappa shape index (κ3) is 21.1. The van der Waals surface area contributed by atoms with Gasteiger partial charge in [0.1, 0.15) is 47.5 Å². The summed E-state index contributed by atoms with van der Waals surface area (Å²) in [6.45, 7) is 4.30. The molecule has 0 spiro atoms. The summed E-state index contributed by atoms with van der Waals surface area (Å²) in [5.74, 6) is -11.7. The molecule has 7 aromatic rings. The molecule has 0 saturated carbocycles. The monoisotopic (exact) mass is 2860 g/mol. The van der Waals surface area contributed by atoms with Gasteiger partial charge in [0.25, 0.3) is 0 Å². The Bertz CT molecular complexity index is 4720. The summed E-state index contributed by atoms with van der Waals surface area (Å²) < 4.78 is 36.8. The van der Waals surface area contributed by atoms with Crippen LogP contribution in [0.1, 0.15) is 98.4 Å². The van der Waals surface area contributed by atoms with Crippen molar-refractivity contribution in [3.8, 4) is 80.1 Å². The van der Waals surface area contributed by atoms with Gasteiger partial charge in [0.15, 0.2) is 23.0 Å². The molecule has 6 heterocycles. The Morgan fingerprint density at radius 2 is 1.06 bits per heavy atom. The average Bonchev–Trinajstić information content (AvgIpc) is 0.760. The van der Waals surface area contributed by atoms with Crippen molar-refractivity contribution in [2.75, 3.05) is 0 Å². The summed E-state index contributed by atoms with van der Waals surface area (Å²) in [6.07, 6.45) is -3.07. The Hall–Kier alpha value is -1.82. The van der Waals surface area contributed by atoms with Crippen LogP contribution in [0.2, 0.25) is 0 Å². The summed E-state index contributed by atoms with van der Waals surface area (Å²) in [4.78, 5) is 107. The second kappa shape index (κ2) is 40.4. The number of phenolic OH excluding ortho intramolecular Hbond substituents is 4. The van der Waals surface area contributed by atoms with E-state index in [1.165, 1.54) is 106 Å². The summed E-state index contributed by atoms with van der Waals surface area (Å²) >= 11 is 42.0. The minimum atomic E-state index is -3.17. The van der Waals surface area contributed by atoms with Crippen molar-refractivity contribution in [2.24, 2.45) is 0 Å². The molecular weight excluding hydrogens is 2820 g/mol. The second-order valence-electron chi connectivity index (χ2n) is 21.6. The first-order chi connectivity index (χ1) is 45.1. The van der Waals surface area contributed by atoms with Crippen LogP contribution < -0.4 is 54.5 Å². The molecule has 6 amide bonds. The van der Waals surface area contributed by atoms with Gasteiger partial charge in [0.05, 0.1) is 5.92 Å². The molecule has 0 aliphatic carbocycles. The van der Waals surface area contributed by atoms with Gasteiger partial charge in [-0.25, -0.2) is 59.3 Å². The Morgan fingerprint density at radius 1 is 0.544 bits per heavy atom. The van der Waals surface area contributed by atoms with Crippen LogP contribution in [-0.2, 0) is 308 Å². The first-order valence-electron chi connectivity index (χ1n) is 27.7. The summed E-state index contributed by atoms with van der Waals surface area (Å²) in [5.41, 5.74) is -0.782. The molecule has 9 atom stereocenters. The predicted molar refractivity (Wildman–Crippen MR) is 371 cm³/mol. The Morgan fingerprint density at radius 3 is 1.62 bits per heavy atom. The van der Waals surface area contributed by atoms with Crippen LogP contribution in [0, 0.1) is 32.0 Å². The van der Waals surface area contributed by atoms with E-state index in [0.29, 0.717) is 5.56 Å². The van der Waals surface area contributed by atoms with E-state index < -0.39 is 135 Å².